The van der Waals surface area contributed by atoms with E-state index in [1.165, 1.54) is 6.42 Å². The maximum absolute atomic E-state index is 12.6. The van der Waals surface area contributed by atoms with Crippen molar-refractivity contribution < 1.29 is 9.59 Å². The molecule has 1 aliphatic heterocycles. The summed E-state index contributed by atoms with van der Waals surface area (Å²) in [5, 5.41) is 3.01. The van der Waals surface area contributed by atoms with E-state index in [2.05, 4.69) is 5.32 Å². The first-order chi connectivity index (χ1) is 10.2. The summed E-state index contributed by atoms with van der Waals surface area (Å²) >= 11 is 0. The van der Waals surface area contributed by atoms with E-state index in [0.717, 1.165) is 24.9 Å². The highest BCUT2D eigenvalue weighted by Crippen LogP contribution is 2.42. The number of likely N-dealkylation sites (tertiary alicyclic amines) is 1. The predicted molar refractivity (Wildman–Crippen MR) is 80.3 cm³/mol. The summed E-state index contributed by atoms with van der Waals surface area (Å²) in [6, 6.07) is 9.62. The van der Waals surface area contributed by atoms with Gasteiger partial charge < -0.3 is 10.2 Å². The van der Waals surface area contributed by atoms with Crippen molar-refractivity contribution in [1.29, 1.82) is 0 Å². The second-order valence-electron chi connectivity index (χ2n) is 6.17. The van der Waals surface area contributed by atoms with E-state index in [9.17, 15) is 9.59 Å². The molecule has 1 aromatic carbocycles. The molecule has 0 spiro atoms. The van der Waals surface area contributed by atoms with Gasteiger partial charge in [0.1, 0.15) is 6.04 Å². The van der Waals surface area contributed by atoms with Crippen molar-refractivity contribution in [1.82, 2.24) is 10.2 Å². The van der Waals surface area contributed by atoms with E-state index in [4.69, 9.17) is 0 Å². The van der Waals surface area contributed by atoms with E-state index in [1.807, 2.05) is 30.3 Å². The molecule has 4 heteroatoms. The fourth-order valence-corrected chi connectivity index (χ4v) is 3.86. The van der Waals surface area contributed by atoms with Gasteiger partial charge in [-0.05, 0) is 30.2 Å². The molecule has 21 heavy (non-hydrogen) atoms. The third kappa shape index (κ3) is 2.80. The van der Waals surface area contributed by atoms with Gasteiger partial charge in [-0.1, -0.05) is 36.8 Å². The molecule has 0 radical (unpaired) electrons. The Labute approximate surface area is 125 Å². The molecule has 2 fully saturated rings. The molecule has 0 aromatic heterocycles. The number of rotatable bonds is 3. The minimum absolute atomic E-state index is 0.00320. The van der Waals surface area contributed by atoms with Crippen LogP contribution in [0.2, 0.25) is 0 Å². The van der Waals surface area contributed by atoms with E-state index in [-0.39, 0.29) is 17.9 Å². The normalized spacial score (nSPS) is 27.5. The molecule has 1 saturated heterocycles. The molecule has 2 aliphatic rings. The minimum atomic E-state index is -0.265. The van der Waals surface area contributed by atoms with Crippen molar-refractivity contribution in [3.8, 4) is 0 Å². The number of amides is 2. The topological polar surface area (TPSA) is 49.4 Å². The van der Waals surface area contributed by atoms with Gasteiger partial charge in [-0.15, -0.1) is 0 Å². The van der Waals surface area contributed by atoms with E-state index < -0.39 is 0 Å². The lowest BCUT2D eigenvalue weighted by atomic mass is 9.93. The molecule has 3 atom stereocenters. The zero-order chi connectivity index (χ0) is 14.8. The predicted octanol–water partition coefficient (Wildman–Crippen LogP) is 1.95. The van der Waals surface area contributed by atoms with Crippen molar-refractivity contribution in [2.75, 3.05) is 6.54 Å². The van der Waals surface area contributed by atoms with Crippen LogP contribution >= 0.6 is 0 Å². The van der Waals surface area contributed by atoms with Gasteiger partial charge >= 0.3 is 0 Å². The van der Waals surface area contributed by atoms with Crippen LogP contribution in [0.15, 0.2) is 30.3 Å². The number of fused-ring (bicyclic) bond motifs is 1. The molecule has 1 aromatic rings. The summed E-state index contributed by atoms with van der Waals surface area (Å²) < 4.78 is 0. The van der Waals surface area contributed by atoms with E-state index in [0.29, 0.717) is 18.4 Å². The highest BCUT2D eigenvalue weighted by atomic mass is 16.2. The van der Waals surface area contributed by atoms with Gasteiger partial charge in [0.2, 0.25) is 11.8 Å². The van der Waals surface area contributed by atoms with Gasteiger partial charge in [-0.2, -0.15) is 0 Å². The Hall–Kier alpha value is -1.84. The lowest BCUT2D eigenvalue weighted by molar-refractivity contribution is -0.138. The summed E-state index contributed by atoms with van der Waals surface area (Å²) in [4.78, 5) is 26.2. The minimum Gasteiger partial charge on any atom is -0.350 e. The van der Waals surface area contributed by atoms with Crippen LogP contribution in [0.1, 0.15) is 31.7 Å². The van der Waals surface area contributed by atoms with Crippen LogP contribution < -0.4 is 5.32 Å². The van der Waals surface area contributed by atoms with Gasteiger partial charge in [0.15, 0.2) is 0 Å². The largest absolute Gasteiger partial charge is 0.350 e. The van der Waals surface area contributed by atoms with Gasteiger partial charge in [-0.3, -0.25) is 9.59 Å². The molecular formula is C17H22N2O2. The van der Waals surface area contributed by atoms with Crippen molar-refractivity contribution in [3.05, 3.63) is 35.9 Å². The summed E-state index contributed by atoms with van der Waals surface area (Å²) in [5.41, 5.74) is 1.08. The van der Waals surface area contributed by atoms with Crippen molar-refractivity contribution in [3.63, 3.8) is 0 Å². The summed E-state index contributed by atoms with van der Waals surface area (Å²) in [6.07, 6.45) is 3.40. The SMILES string of the molecule is CC(=O)N1C[C@@H]2CCC[C@@H]2[C@H]1C(=O)NCc1ccccc1. The highest BCUT2D eigenvalue weighted by Gasteiger charge is 2.48. The average Bonchev–Trinajstić information content (AvgIpc) is 3.06. The molecule has 1 heterocycles. The zero-order valence-corrected chi connectivity index (χ0v) is 12.4. The Morgan fingerprint density at radius 2 is 2.00 bits per heavy atom. The van der Waals surface area contributed by atoms with Crippen LogP contribution in [0.3, 0.4) is 0 Å². The van der Waals surface area contributed by atoms with Crippen LogP contribution in [0.4, 0.5) is 0 Å². The standard InChI is InChI=1S/C17H22N2O2/c1-12(20)19-11-14-8-5-9-15(14)16(19)17(21)18-10-13-6-3-2-4-7-13/h2-4,6-7,14-16H,5,8-11H2,1H3,(H,18,21)/t14-,15-,16-/m0/s1. The number of benzene rings is 1. The van der Waals surface area contributed by atoms with Crippen LogP contribution in [-0.2, 0) is 16.1 Å². The zero-order valence-electron chi connectivity index (χ0n) is 12.4. The van der Waals surface area contributed by atoms with E-state index in [1.54, 1.807) is 11.8 Å². The van der Waals surface area contributed by atoms with Gasteiger partial charge in [-0.25, -0.2) is 0 Å². The smallest absolute Gasteiger partial charge is 0.243 e. The Morgan fingerprint density at radius 3 is 2.71 bits per heavy atom. The van der Waals surface area contributed by atoms with Crippen LogP contribution in [0.25, 0.3) is 0 Å². The molecule has 1 aliphatic carbocycles. The molecular weight excluding hydrogens is 264 g/mol. The molecule has 1 saturated carbocycles. The number of nitrogens with zero attached hydrogens (tertiary/aromatic N) is 1. The summed E-state index contributed by atoms with van der Waals surface area (Å²) in [7, 11) is 0. The monoisotopic (exact) mass is 286 g/mol. The fraction of sp³-hybridized carbons (Fsp3) is 0.529. The van der Waals surface area contributed by atoms with Crippen molar-refractivity contribution >= 4 is 11.8 Å². The third-order valence-electron chi connectivity index (χ3n) is 4.87. The number of nitrogens with one attached hydrogen (secondary N) is 1. The van der Waals surface area contributed by atoms with E-state index >= 15 is 0 Å². The molecule has 0 unspecified atom stereocenters. The maximum Gasteiger partial charge on any atom is 0.243 e. The first-order valence-electron chi connectivity index (χ1n) is 7.75. The first kappa shape index (κ1) is 14.1. The lowest BCUT2D eigenvalue weighted by Crippen LogP contribution is -2.47. The maximum atomic E-state index is 12.6. The molecule has 0 bridgehead atoms. The van der Waals surface area contributed by atoms with Gasteiger partial charge in [0.05, 0.1) is 0 Å². The molecule has 3 rings (SSSR count). The van der Waals surface area contributed by atoms with Gasteiger partial charge in [0.25, 0.3) is 0 Å². The van der Waals surface area contributed by atoms with Crippen LogP contribution in [0.5, 0.6) is 0 Å². The van der Waals surface area contributed by atoms with Crippen molar-refractivity contribution in [2.24, 2.45) is 11.8 Å². The Balaban J connectivity index is 1.68. The second-order valence-corrected chi connectivity index (χ2v) is 6.17. The Morgan fingerprint density at radius 1 is 1.24 bits per heavy atom. The number of carbonyl (C=O) groups is 2. The van der Waals surface area contributed by atoms with Crippen LogP contribution in [0, 0.1) is 11.8 Å². The molecule has 4 nitrogen and oxygen atoms in total. The first-order valence-corrected chi connectivity index (χ1v) is 7.75. The Bertz CT molecular complexity index is 529. The summed E-state index contributed by atoms with van der Waals surface area (Å²) in [5.74, 6) is 0.888. The highest BCUT2D eigenvalue weighted by molar-refractivity contribution is 5.88. The molecule has 112 valence electrons. The number of hydrogen-bond donors (Lipinski definition) is 1. The molecule has 1 N–H and O–H groups in total. The summed E-state index contributed by atoms with van der Waals surface area (Å²) in [6.45, 7) is 2.85. The number of carbonyl (C=O) groups excluding carboxylic acids is 2. The van der Waals surface area contributed by atoms with Gasteiger partial charge in [0, 0.05) is 20.0 Å². The van der Waals surface area contributed by atoms with Crippen molar-refractivity contribution in [2.45, 2.75) is 38.8 Å². The second kappa shape index (κ2) is 5.88. The van der Waals surface area contributed by atoms with Crippen LogP contribution in [-0.4, -0.2) is 29.3 Å². The average molecular weight is 286 g/mol. The Kier molecular flexibility index (Phi) is 3.95. The quantitative estimate of drug-likeness (QED) is 0.923. The number of hydrogen-bond acceptors (Lipinski definition) is 2. The molecule has 2 amide bonds. The third-order valence-corrected chi connectivity index (χ3v) is 4.87. The fourth-order valence-electron chi connectivity index (χ4n) is 3.86. The lowest BCUT2D eigenvalue weighted by Gasteiger charge is -2.26.